The molecule has 0 spiro atoms. The number of hydrogen-bond donors (Lipinski definition) is 0. The summed E-state index contributed by atoms with van der Waals surface area (Å²) in [5, 5.41) is 2.91. The molecule has 0 heterocycles. The molecule has 0 atom stereocenters. The minimum absolute atomic E-state index is 0.332. The van der Waals surface area contributed by atoms with Crippen LogP contribution in [0.1, 0.15) is 0 Å². The van der Waals surface area contributed by atoms with Gasteiger partial charge in [-0.2, -0.15) is 0 Å². The Bertz CT molecular complexity index is 836. The zero-order valence-electron chi connectivity index (χ0n) is 11.9. The normalized spacial score (nSPS) is 11.4. The van der Waals surface area contributed by atoms with E-state index in [0.29, 0.717) is 31.0 Å². The van der Waals surface area contributed by atoms with Crippen molar-refractivity contribution < 1.29 is 4.57 Å². The second-order valence-electron chi connectivity index (χ2n) is 5.00. The van der Waals surface area contributed by atoms with E-state index in [9.17, 15) is 4.57 Å². The van der Waals surface area contributed by atoms with Gasteiger partial charge in [0.1, 0.15) is 0 Å². The average molecular weight is 382 g/mol. The topological polar surface area (TPSA) is 17.1 Å². The molecule has 0 aliphatic rings. The number of hydrogen-bond acceptors (Lipinski definition) is 1. The highest BCUT2D eigenvalue weighted by Crippen LogP contribution is 2.45. The molecule has 0 aromatic heterocycles. The van der Waals surface area contributed by atoms with Crippen LogP contribution in [0.25, 0.3) is 0 Å². The average Bonchev–Trinajstić information content (AvgIpc) is 2.59. The van der Waals surface area contributed by atoms with Crippen LogP contribution in [0.2, 0.25) is 15.1 Å². The fraction of sp³-hybridized carbons (Fsp3) is 0. The van der Waals surface area contributed by atoms with E-state index >= 15 is 0 Å². The van der Waals surface area contributed by atoms with Crippen molar-refractivity contribution in [3.63, 3.8) is 0 Å². The number of rotatable bonds is 3. The molecule has 23 heavy (non-hydrogen) atoms. The van der Waals surface area contributed by atoms with Crippen molar-refractivity contribution in [1.29, 1.82) is 0 Å². The maximum atomic E-state index is 14.1. The van der Waals surface area contributed by atoms with Crippen LogP contribution in [0.15, 0.2) is 72.8 Å². The highest BCUT2D eigenvalue weighted by molar-refractivity contribution is 7.85. The van der Waals surface area contributed by atoms with Crippen LogP contribution in [0.4, 0.5) is 0 Å². The van der Waals surface area contributed by atoms with Crippen LogP contribution in [0.5, 0.6) is 0 Å². The third kappa shape index (κ3) is 3.07. The molecule has 1 nitrogen and oxygen atoms in total. The van der Waals surface area contributed by atoms with Gasteiger partial charge in [-0.1, -0.05) is 95.5 Å². The fourth-order valence-electron chi connectivity index (χ4n) is 2.46. The van der Waals surface area contributed by atoms with Crippen molar-refractivity contribution in [2.24, 2.45) is 0 Å². The van der Waals surface area contributed by atoms with E-state index in [1.807, 2.05) is 60.7 Å². The fourth-order valence-corrected chi connectivity index (χ4v) is 6.15. The van der Waals surface area contributed by atoms with Gasteiger partial charge in [-0.15, -0.1) is 0 Å². The van der Waals surface area contributed by atoms with Crippen molar-refractivity contribution in [1.82, 2.24) is 0 Å². The summed E-state index contributed by atoms with van der Waals surface area (Å²) in [6.07, 6.45) is 0. The summed E-state index contributed by atoms with van der Waals surface area (Å²) in [6.45, 7) is 0. The first-order chi connectivity index (χ1) is 11.0. The number of halogens is 3. The molecule has 0 bridgehead atoms. The summed E-state index contributed by atoms with van der Waals surface area (Å²) in [4.78, 5) is 0. The predicted molar refractivity (Wildman–Crippen MR) is 101 cm³/mol. The summed E-state index contributed by atoms with van der Waals surface area (Å²) in [6, 6.07) is 21.7. The van der Waals surface area contributed by atoms with E-state index in [1.54, 1.807) is 12.1 Å². The molecular weight excluding hydrogens is 370 g/mol. The molecule has 3 aromatic rings. The van der Waals surface area contributed by atoms with Gasteiger partial charge in [0.15, 0.2) is 7.14 Å². The Morgan fingerprint density at radius 2 is 1.04 bits per heavy atom. The van der Waals surface area contributed by atoms with Crippen LogP contribution in [0.3, 0.4) is 0 Å². The van der Waals surface area contributed by atoms with Crippen LogP contribution < -0.4 is 15.9 Å². The van der Waals surface area contributed by atoms with Crippen molar-refractivity contribution >= 4 is 57.9 Å². The van der Waals surface area contributed by atoms with Gasteiger partial charge in [0.25, 0.3) is 0 Å². The zero-order chi connectivity index (χ0) is 16.4. The van der Waals surface area contributed by atoms with Crippen LogP contribution in [0, 0.1) is 0 Å². The molecule has 3 rings (SSSR count). The molecule has 0 unspecified atom stereocenters. The Morgan fingerprint density at radius 1 is 0.609 bits per heavy atom. The summed E-state index contributed by atoms with van der Waals surface area (Å²) in [7, 11) is -3.14. The second-order valence-corrected chi connectivity index (χ2v) is 8.95. The molecule has 5 heteroatoms. The van der Waals surface area contributed by atoms with Crippen molar-refractivity contribution in [2.75, 3.05) is 0 Å². The van der Waals surface area contributed by atoms with Gasteiger partial charge in [-0.05, 0) is 12.1 Å². The Hall–Kier alpha value is -1.24. The lowest BCUT2D eigenvalue weighted by molar-refractivity contribution is 0.592. The summed E-state index contributed by atoms with van der Waals surface area (Å²) in [5.74, 6) is 0. The van der Waals surface area contributed by atoms with Crippen LogP contribution in [-0.2, 0) is 4.57 Å². The molecule has 0 saturated heterocycles. The van der Waals surface area contributed by atoms with Crippen LogP contribution >= 0.6 is 41.9 Å². The van der Waals surface area contributed by atoms with Gasteiger partial charge >= 0.3 is 0 Å². The first kappa shape index (κ1) is 16.6. The summed E-state index contributed by atoms with van der Waals surface area (Å²) in [5.41, 5.74) is 0. The minimum Gasteiger partial charge on any atom is -0.309 e. The molecule has 0 amide bonds. The molecule has 0 aliphatic carbocycles. The Morgan fingerprint density at radius 3 is 1.52 bits per heavy atom. The molecule has 3 aromatic carbocycles. The molecule has 0 fully saturated rings. The summed E-state index contributed by atoms with van der Waals surface area (Å²) < 4.78 is 14.1. The van der Waals surface area contributed by atoms with Crippen LogP contribution in [-0.4, -0.2) is 0 Å². The molecule has 0 N–H and O–H groups in total. The van der Waals surface area contributed by atoms with Gasteiger partial charge in [-0.3, -0.25) is 0 Å². The Labute approximate surface area is 150 Å². The Balaban J connectivity index is 2.35. The predicted octanol–water partition coefficient (Wildman–Crippen LogP) is 5.29. The first-order valence-corrected chi connectivity index (χ1v) is 9.74. The molecule has 0 aliphatic heterocycles. The van der Waals surface area contributed by atoms with Crippen molar-refractivity contribution in [3.05, 3.63) is 87.9 Å². The third-order valence-electron chi connectivity index (χ3n) is 3.57. The van der Waals surface area contributed by atoms with E-state index in [-0.39, 0.29) is 0 Å². The van der Waals surface area contributed by atoms with E-state index in [2.05, 4.69) is 0 Å². The first-order valence-electron chi connectivity index (χ1n) is 6.90. The van der Waals surface area contributed by atoms with E-state index in [1.165, 1.54) is 0 Å². The van der Waals surface area contributed by atoms with Crippen molar-refractivity contribution in [2.45, 2.75) is 0 Å². The molecule has 0 saturated carbocycles. The smallest absolute Gasteiger partial charge is 0.172 e. The summed E-state index contributed by atoms with van der Waals surface area (Å²) >= 11 is 18.5. The van der Waals surface area contributed by atoms with E-state index in [0.717, 1.165) is 0 Å². The molecule has 116 valence electrons. The quantitative estimate of drug-likeness (QED) is 0.445. The van der Waals surface area contributed by atoms with Gasteiger partial charge in [0.05, 0.1) is 15.1 Å². The molecular formula is C18H12Cl3OP. The Kier molecular flexibility index (Phi) is 4.85. The largest absolute Gasteiger partial charge is 0.309 e. The van der Waals surface area contributed by atoms with Gasteiger partial charge in [0.2, 0.25) is 0 Å². The number of benzene rings is 3. The lowest BCUT2D eigenvalue weighted by atomic mass is 10.3. The highest BCUT2D eigenvalue weighted by Gasteiger charge is 2.32. The van der Waals surface area contributed by atoms with Gasteiger partial charge in [-0.25, -0.2) is 0 Å². The second kappa shape index (κ2) is 6.71. The third-order valence-corrected chi connectivity index (χ3v) is 7.83. The lowest BCUT2D eigenvalue weighted by Gasteiger charge is -2.21. The minimum atomic E-state index is -3.14. The van der Waals surface area contributed by atoms with Gasteiger partial charge in [0, 0.05) is 15.9 Å². The SMILES string of the molecule is O=P(c1ccccc1)(c1ccccc1)c1cc(Cl)c(Cl)cc1Cl. The lowest BCUT2D eigenvalue weighted by Crippen LogP contribution is -2.25. The standard InChI is InChI=1S/C18H12Cl3OP/c19-15-11-17(21)18(12-16(15)20)23(22,13-7-3-1-4-8-13)14-9-5-2-6-10-14/h1-12H. The van der Waals surface area contributed by atoms with E-state index < -0.39 is 7.14 Å². The monoisotopic (exact) mass is 380 g/mol. The zero-order valence-corrected chi connectivity index (χ0v) is 15.1. The van der Waals surface area contributed by atoms with Gasteiger partial charge < -0.3 is 4.57 Å². The van der Waals surface area contributed by atoms with E-state index in [4.69, 9.17) is 34.8 Å². The highest BCUT2D eigenvalue weighted by atomic mass is 35.5. The maximum Gasteiger partial charge on any atom is 0.172 e. The van der Waals surface area contributed by atoms with Crippen molar-refractivity contribution in [3.8, 4) is 0 Å². The maximum absolute atomic E-state index is 14.1. The molecule has 0 radical (unpaired) electrons.